The van der Waals surface area contributed by atoms with Crippen molar-refractivity contribution < 1.29 is 4.39 Å². The van der Waals surface area contributed by atoms with Crippen LogP contribution in [-0.4, -0.2) is 24.0 Å². The molecule has 2 N–H and O–H groups in total. The van der Waals surface area contributed by atoms with Crippen molar-refractivity contribution in [3.05, 3.63) is 34.1 Å². The van der Waals surface area contributed by atoms with Crippen LogP contribution in [0.3, 0.4) is 0 Å². The third-order valence-corrected chi connectivity index (χ3v) is 4.48. The highest BCUT2D eigenvalue weighted by Crippen LogP contribution is 2.25. The number of benzene rings is 1. The molecule has 0 aliphatic carbocycles. The molecule has 2 atom stereocenters. The predicted molar refractivity (Wildman–Crippen MR) is 75.8 cm³/mol. The number of likely N-dealkylation sites (tertiary alicyclic amines) is 1. The molecule has 0 spiro atoms. The zero-order valence-corrected chi connectivity index (χ0v) is 12.3. The molecule has 0 saturated carbocycles. The van der Waals surface area contributed by atoms with Crippen LogP contribution in [0.15, 0.2) is 22.7 Å². The summed E-state index contributed by atoms with van der Waals surface area (Å²) >= 11 is 3.18. The van der Waals surface area contributed by atoms with Crippen molar-refractivity contribution in [1.82, 2.24) is 4.90 Å². The molecule has 2 nitrogen and oxygen atoms in total. The molecule has 1 aliphatic heterocycles. The highest BCUT2D eigenvalue weighted by molar-refractivity contribution is 9.10. The van der Waals surface area contributed by atoms with Crippen molar-refractivity contribution in [2.75, 3.05) is 13.1 Å². The van der Waals surface area contributed by atoms with E-state index in [-0.39, 0.29) is 5.82 Å². The van der Waals surface area contributed by atoms with Gasteiger partial charge in [0.1, 0.15) is 5.82 Å². The Morgan fingerprint density at radius 1 is 1.50 bits per heavy atom. The van der Waals surface area contributed by atoms with E-state index >= 15 is 0 Å². The van der Waals surface area contributed by atoms with E-state index in [2.05, 4.69) is 27.8 Å². The summed E-state index contributed by atoms with van der Waals surface area (Å²) < 4.78 is 14.0. The molecule has 4 heteroatoms. The molecular weight excluding hydrogens is 295 g/mol. The average molecular weight is 315 g/mol. The van der Waals surface area contributed by atoms with Crippen molar-refractivity contribution in [3.63, 3.8) is 0 Å². The van der Waals surface area contributed by atoms with Gasteiger partial charge in [-0.05, 0) is 58.9 Å². The molecule has 1 fully saturated rings. The van der Waals surface area contributed by atoms with Crippen molar-refractivity contribution in [2.24, 2.45) is 11.7 Å². The first kappa shape index (κ1) is 14.0. The largest absolute Gasteiger partial charge is 0.329 e. The van der Waals surface area contributed by atoms with Gasteiger partial charge >= 0.3 is 0 Å². The van der Waals surface area contributed by atoms with Crippen molar-refractivity contribution >= 4 is 15.9 Å². The zero-order chi connectivity index (χ0) is 13.1. The van der Waals surface area contributed by atoms with Gasteiger partial charge in [-0.3, -0.25) is 4.90 Å². The molecule has 0 radical (unpaired) electrons. The highest BCUT2D eigenvalue weighted by atomic mass is 79.9. The van der Waals surface area contributed by atoms with Crippen LogP contribution in [0.4, 0.5) is 4.39 Å². The maximum Gasteiger partial charge on any atom is 0.137 e. The molecule has 1 heterocycles. The average Bonchev–Trinajstić information content (AvgIpc) is 2.34. The molecule has 1 aromatic carbocycles. The van der Waals surface area contributed by atoms with E-state index in [1.165, 1.54) is 12.8 Å². The molecule has 18 heavy (non-hydrogen) atoms. The molecule has 100 valence electrons. The molecule has 2 rings (SSSR count). The van der Waals surface area contributed by atoms with Gasteiger partial charge in [-0.2, -0.15) is 0 Å². The zero-order valence-electron chi connectivity index (χ0n) is 10.7. The van der Waals surface area contributed by atoms with Gasteiger partial charge in [-0.1, -0.05) is 13.0 Å². The van der Waals surface area contributed by atoms with Gasteiger partial charge in [0.25, 0.3) is 0 Å². The summed E-state index contributed by atoms with van der Waals surface area (Å²) in [6.45, 7) is 4.78. The maximum atomic E-state index is 13.5. The van der Waals surface area contributed by atoms with Crippen LogP contribution >= 0.6 is 15.9 Å². The van der Waals surface area contributed by atoms with Crippen LogP contribution in [-0.2, 0) is 6.54 Å². The first-order valence-electron chi connectivity index (χ1n) is 6.50. The first-order chi connectivity index (χ1) is 8.61. The number of halogens is 2. The second-order valence-electron chi connectivity index (χ2n) is 5.14. The SMILES string of the molecule is CC1CCCN(Cc2ccc(Br)c(F)c2)C1CN. The normalized spacial score (nSPS) is 25.3. The van der Waals surface area contributed by atoms with Gasteiger partial charge in [-0.25, -0.2) is 4.39 Å². The number of hydrogen-bond donors (Lipinski definition) is 1. The molecule has 0 amide bonds. The van der Waals surface area contributed by atoms with Gasteiger partial charge < -0.3 is 5.73 Å². The molecule has 1 aliphatic rings. The Labute approximate surface area is 116 Å². The minimum Gasteiger partial charge on any atom is -0.329 e. The van der Waals surface area contributed by atoms with Gasteiger partial charge in [0, 0.05) is 19.1 Å². The third-order valence-electron chi connectivity index (χ3n) is 3.84. The summed E-state index contributed by atoms with van der Waals surface area (Å²) in [6, 6.07) is 5.78. The van der Waals surface area contributed by atoms with Crippen molar-refractivity contribution in [1.29, 1.82) is 0 Å². The summed E-state index contributed by atoms with van der Waals surface area (Å²) in [7, 11) is 0. The molecule has 0 aromatic heterocycles. The van der Waals surface area contributed by atoms with E-state index in [1.807, 2.05) is 6.07 Å². The van der Waals surface area contributed by atoms with Crippen LogP contribution < -0.4 is 5.73 Å². The molecule has 1 saturated heterocycles. The summed E-state index contributed by atoms with van der Waals surface area (Å²) in [5.74, 6) is 0.436. The summed E-state index contributed by atoms with van der Waals surface area (Å²) in [5, 5.41) is 0. The Morgan fingerprint density at radius 3 is 2.94 bits per heavy atom. The predicted octanol–water partition coefficient (Wildman–Crippen LogP) is 3.15. The van der Waals surface area contributed by atoms with Crippen LogP contribution in [0.25, 0.3) is 0 Å². The number of rotatable bonds is 3. The summed E-state index contributed by atoms with van der Waals surface area (Å²) in [4.78, 5) is 2.39. The molecular formula is C14H20BrFN2. The molecule has 1 aromatic rings. The Kier molecular flexibility index (Phi) is 4.76. The lowest BCUT2D eigenvalue weighted by molar-refractivity contribution is 0.0990. The summed E-state index contributed by atoms with van der Waals surface area (Å²) in [6.07, 6.45) is 2.45. The lowest BCUT2D eigenvalue weighted by Gasteiger charge is -2.39. The van der Waals surface area contributed by atoms with Gasteiger partial charge in [-0.15, -0.1) is 0 Å². The number of nitrogens with zero attached hydrogens (tertiary/aromatic N) is 1. The van der Waals surface area contributed by atoms with E-state index in [0.717, 1.165) is 18.7 Å². The highest BCUT2D eigenvalue weighted by Gasteiger charge is 2.27. The Hall–Kier alpha value is -0.450. The van der Waals surface area contributed by atoms with Gasteiger partial charge in [0.05, 0.1) is 4.47 Å². The first-order valence-corrected chi connectivity index (χ1v) is 7.29. The lowest BCUT2D eigenvalue weighted by Crippen LogP contribution is -2.48. The van der Waals surface area contributed by atoms with Crippen molar-refractivity contribution in [3.8, 4) is 0 Å². The third kappa shape index (κ3) is 3.11. The fourth-order valence-corrected chi connectivity index (χ4v) is 3.03. The topological polar surface area (TPSA) is 29.3 Å². The van der Waals surface area contributed by atoms with Crippen molar-refractivity contribution in [2.45, 2.75) is 32.4 Å². The van der Waals surface area contributed by atoms with E-state index in [1.54, 1.807) is 12.1 Å². The monoisotopic (exact) mass is 314 g/mol. The van der Waals surface area contributed by atoms with Crippen LogP contribution in [0.2, 0.25) is 0 Å². The standard InChI is InChI=1S/C14H20BrFN2/c1-10-3-2-6-18(14(10)8-17)9-11-4-5-12(15)13(16)7-11/h4-5,7,10,14H,2-3,6,8-9,17H2,1H3. The quantitative estimate of drug-likeness (QED) is 0.928. The Morgan fingerprint density at radius 2 is 2.28 bits per heavy atom. The second kappa shape index (κ2) is 6.13. The fourth-order valence-electron chi connectivity index (χ4n) is 2.78. The summed E-state index contributed by atoms with van der Waals surface area (Å²) in [5.41, 5.74) is 6.89. The fraction of sp³-hybridized carbons (Fsp3) is 0.571. The van der Waals surface area contributed by atoms with Crippen LogP contribution in [0.5, 0.6) is 0 Å². The van der Waals surface area contributed by atoms with Gasteiger partial charge in [0.2, 0.25) is 0 Å². The maximum absolute atomic E-state index is 13.5. The van der Waals surface area contributed by atoms with E-state index in [9.17, 15) is 4.39 Å². The van der Waals surface area contributed by atoms with E-state index in [4.69, 9.17) is 5.73 Å². The van der Waals surface area contributed by atoms with Gasteiger partial charge in [0.15, 0.2) is 0 Å². The minimum atomic E-state index is -0.193. The second-order valence-corrected chi connectivity index (χ2v) is 6.00. The minimum absolute atomic E-state index is 0.193. The van der Waals surface area contributed by atoms with E-state index in [0.29, 0.717) is 23.0 Å². The number of nitrogens with two attached hydrogens (primary N) is 1. The molecule has 0 bridgehead atoms. The smallest absolute Gasteiger partial charge is 0.137 e. The molecule has 2 unspecified atom stereocenters. The van der Waals surface area contributed by atoms with E-state index < -0.39 is 0 Å². The number of piperidine rings is 1. The Balaban J connectivity index is 2.09. The Bertz CT molecular complexity index is 411. The lowest BCUT2D eigenvalue weighted by atomic mass is 9.90. The number of hydrogen-bond acceptors (Lipinski definition) is 2. The van der Waals surface area contributed by atoms with Crippen LogP contribution in [0, 0.1) is 11.7 Å². The van der Waals surface area contributed by atoms with Crippen LogP contribution in [0.1, 0.15) is 25.3 Å².